The summed E-state index contributed by atoms with van der Waals surface area (Å²) in [5.74, 6) is -0.957. The van der Waals surface area contributed by atoms with Gasteiger partial charge in [0.15, 0.2) is 0 Å². The minimum Gasteiger partial charge on any atom is -0.478 e. The third-order valence-electron chi connectivity index (χ3n) is 2.95. The van der Waals surface area contributed by atoms with E-state index < -0.39 is 5.97 Å². The molecule has 1 atom stereocenters. The van der Waals surface area contributed by atoms with Crippen molar-refractivity contribution >= 4 is 43.5 Å². The maximum Gasteiger partial charge on any atom is 0.338 e. The maximum atomic E-state index is 11.3. The Morgan fingerprint density at radius 3 is 2.55 bits per heavy atom. The van der Waals surface area contributed by atoms with E-state index in [-0.39, 0.29) is 11.6 Å². The van der Waals surface area contributed by atoms with Crippen LogP contribution in [0.5, 0.6) is 0 Å². The fraction of sp³-hybridized carbons (Fsp3) is 0.133. The van der Waals surface area contributed by atoms with Crippen molar-refractivity contribution in [3.8, 4) is 0 Å². The Hall–Kier alpha value is -1.33. The molecule has 2 aromatic carbocycles. The molecule has 0 bridgehead atoms. The smallest absolute Gasteiger partial charge is 0.338 e. The number of rotatable bonds is 4. The summed E-state index contributed by atoms with van der Waals surface area (Å²) in [6.45, 7) is 1.99. The van der Waals surface area contributed by atoms with Crippen molar-refractivity contribution in [2.75, 3.05) is 5.32 Å². The fourth-order valence-electron chi connectivity index (χ4n) is 1.95. The van der Waals surface area contributed by atoms with Gasteiger partial charge in [-0.2, -0.15) is 0 Å². The van der Waals surface area contributed by atoms with Crippen LogP contribution in [0.25, 0.3) is 0 Å². The summed E-state index contributed by atoms with van der Waals surface area (Å²) in [6.07, 6.45) is 0. The van der Waals surface area contributed by atoms with Crippen molar-refractivity contribution < 1.29 is 9.90 Å². The molecule has 0 aliphatic heterocycles. The number of carboxylic acids is 1. The van der Waals surface area contributed by atoms with Gasteiger partial charge in [-0.3, -0.25) is 0 Å². The predicted molar refractivity (Wildman–Crippen MR) is 87.3 cm³/mol. The zero-order chi connectivity index (χ0) is 14.7. The summed E-state index contributed by atoms with van der Waals surface area (Å²) in [6, 6.07) is 13.2. The SMILES string of the molecule is CC(Nc1cccc(Br)c1C(=O)O)c1cccc(Br)c1. The molecule has 2 N–H and O–H groups in total. The summed E-state index contributed by atoms with van der Waals surface area (Å²) in [4.78, 5) is 11.3. The highest BCUT2D eigenvalue weighted by molar-refractivity contribution is 9.10. The molecule has 20 heavy (non-hydrogen) atoms. The Kier molecular flexibility index (Phi) is 4.83. The molecule has 1 unspecified atom stereocenters. The molecule has 2 aromatic rings. The number of carboxylic acid groups (broad SMARTS) is 1. The van der Waals surface area contributed by atoms with Gasteiger partial charge in [0, 0.05) is 15.0 Å². The van der Waals surface area contributed by atoms with Crippen molar-refractivity contribution in [1.82, 2.24) is 0 Å². The van der Waals surface area contributed by atoms with E-state index in [1.807, 2.05) is 37.3 Å². The molecule has 0 radical (unpaired) electrons. The van der Waals surface area contributed by atoms with Crippen molar-refractivity contribution in [3.63, 3.8) is 0 Å². The van der Waals surface area contributed by atoms with Gasteiger partial charge in [-0.15, -0.1) is 0 Å². The van der Waals surface area contributed by atoms with Gasteiger partial charge in [0.1, 0.15) is 0 Å². The molecule has 3 nitrogen and oxygen atoms in total. The average Bonchev–Trinajstić information content (AvgIpc) is 2.38. The molecule has 0 aromatic heterocycles. The summed E-state index contributed by atoms with van der Waals surface area (Å²) in [5, 5.41) is 12.5. The van der Waals surface area contributed by atoms with Crippen LogP contribution in [0, 0.1) is 0 Å². The number of hydrogen-bond donors (Lipinski definition) is 2. The number of halogens is 2. The van der Waals surface area contributed by atoms with E-state index in [1.165, 1.54) is 0 Å². The summed E-state index contributed by atoms with van der Waals surface area (Å²) < 4.78 is 1.56. The van der Waals surface area contributed by atoms with Crippen LogP contribution in [0.3, 0.4) is 0 Å². The van der Waals surface area contributed by atoms with Crippen molar-refractivity contribution in [2.45, 2.75) is 13.0 Å². The van der Waals surface area contributed by atoms with Gasteiger partial charge in [-0.1, -0.05) is 34.1 Å². The first-order valence-corrected chi connectivity index (χ1v) is 7.61. The molecule has 0 saturated heterocycles. The van der Waals surface area contributed by atoms with E-state index >= 15 is 0 Å². The lowest BCUT2D eigenvalue weighted by atomic mass is 10.1. The summed E-state index contributed by atoms with van der Waals surface area (Å²) >= 11 is 6.71. The topological polar surface area (TPSA) is 49.3 Å². The predicted octanol–water partition coefficient (Wildman–Crippen LogP) is 5.08. The minimum atomic E-state index is -0.957. The van der Waals surface area contributed by atoms with Crippen LogP contribution in [-0.4, -0.2) is 11.1 Å². The Balaban J connectivity index is 2.30. The lowest BCUT2D eigenvalue weighted by Crippen LogP contribution is -2.11. The Labute approximate surface area is 134 Å². The van der Waals surface area contributed by atoms with Crippen LogP contribution in [0.15, 0.2) is 51.4 Å². The molecule has 0 amide bonds. The van der Waals surface area contributed by atoms with Gasteiger partial charge in [0.25, 0.3) is 0 Å². The maximum absolute atomic E-state index is 11.3. The van der Waals surface area contributed by atoms with E-state index in [0.717, 1.165) is 10.0 Å². The Bertz CT molecular complexity index is 644. The summed E-state index contributed by atoms with van der Waals surface area (Å²) in [5.41, 5.74) is 1.92. The lowest BCUT2D eigenvalue weighted by Gasteiger charge is -2.18. The van der Waals surface area contributed by atoms with Crippen LogP contribution in [0.1, 0.15) is 28.9 Å². The standard InChI is InChI=1S/C15H13Br2NO2/c1-9(10-4-2-5-11(16)8-10)18-13-7-3-6-12(17)14(13)15(19)20/h2-9,18H,1H3,(H,19,20). The second kappa shape index (κ2) is 6.41. The van der Waals surface area contributed by atoms with E-state index in [2.05, 4.69) is 37.2 Å². The molecule has 0 saturated carbocycles. The number of anilines is 1. The number of hydrogen-bond acceptors (Lipinski definition) is 2. The molecule has 104 valence electrons. The van der Waals surface area contributed by atoms with Crippen molar-refractivity contribution in [2.24, 2.45) is 0 Å². The second-order valence-corrected chi connectivity index (χ2v) is 6.16. The molecule has 0 aliphatic carbocycles. The molecular weight excluding hydrogens is 386 g/mol. The van der Waals surface area contributed by atoms with E-state index in [9.17, 15) is 9.90 Å². The van der Waals surface area contributed by atoms with E-state index in [1.54, 1.807) is 12.1 Å². The van der Waals surface area contributed by atoms with Crippen LogP contribution in [-0.2, 0) is 0 Å². The highest BCUT2D eigenvalue weighted by Gasteiger charge is 2.16. The molecular formula is C15H13Br2NO2. The highest BCUT2D eigenvalue weighted by atomic mass is 79.9. The van der Waals surface area contributed by atoms with Crippen LogP contribution in [0.4, 0.5) is 5.69 Å². The zero-order valence-electron chi connectivity index (χ0n) is 10.7. The Morgan fingerprint density at radius 1 is 1.20 bits per heavy atom. The first kappa shape index (κ1) is 15.1. The normalized spacial score (nSPS) is 11.9. The number of aromatic carboxylic acids is 1. The van der Waals surface area contributed by atoms with Crippen LogP contribution < -0.4 is 5.32 Å². The third-order valence-corrected chi connectivity index (χ3v) is 4.10. The molecule has 0 aliphatic rings. The third kappa shape index (κ3) is 3.41. The highest BCUT2D eigenvalue weighted by Crippen LogP contribution is 2.28. The molecule has 0 spiro atoms. The molecule has 2 rings (SSSR count). The quantitative estimate of drug-likeness (QED) is 0.754. The number of benzene rings is 2. The van der Waals surface area contributed by atoms with Gasteiger partial charge >= 0.3 is 5.97 Å². The number of nitrogens with one attached hydrogen (secondary N) is 1. The molecule has 5 heteroatoms. The van der Waals surface area contributed by atoms with Gasteiger partial charge in [0.2, 0.25) is 0 Å². The van der Waals surface area contributed by atoms with Gasteiger partial charge in [0.05, 0.1) is 11.3 Å². The summed E-state index contributed by atoms with van der Waals surface area (Å²) in [7, 11) is 0. The fourth-order valence-corrected chi connectivity index (χ4v) is 2.91. The first-order valence-electron chi connectivity index (χ1n) is 6.03. The van der Waals surface area contributed by atoms with Gasteiger partial charge in [-0.25, -0.2) is 4.79 Å². The zero-order valence-corrected chi connectivity index (χ0v) is 13.9. The van der Waals surface area contributed by atoms with Crippen molar-refractivity contribution in [3.05, 3.63) is 62.5 Å². The first-order chi connectivity index (χ1) is 9.49. The van der Waals surface area contributed by atoms with Crippen LogP contribution >= 0.6 is 31.9 Å². The van der Waals surface area contributed by atoms with Gasteiger partial charge in [-0.05, 0) is 52.7 Å². The monoisotopic (exact) mass is 397 g/mol. The molecule has 0 heterocycles. The van der Waals surface area contributed by atoms with E-state index in [0.29, 0.717) is 10.2 Å². The van der Waals surface area contributed by atoms with Crippen molar-refractivity contribution in [1.29, 1.82) is 0 Å². The van der Waals surface area contributed by atoms with Crippen LogP contribution in [0.2, 0.25) is 0 Å². The lowest BCUT2D eigenvalue weighted by molar-refractivity contribution is 0.0697. The molecule has 0 fully saturated rings. The van der Waals surface area contributed by atoms with Gasteiger partial charge < -0.3 is 10.4 Å². The second-order valence-electron chi connectivity index (χ2n) is 4.39. The number of carbonyl (C=O) groups is 1. The van der Waals surface area contributed by atoms with E-state index in [4.69, 9.17) is 0 Å². The Morgan fingerprint density at radius 2 is 1.90 bits per heavy atom. The minimum absolute atomic E-state index is 0.0000926. The average molecular weight is 399 g/mol. The largest absolute Gasteiger partial charge is 0.478 e.